The molecule has 4 aliphatic carbocycles. The zero-order valence-electron chi connectivity index (χ0n) is 18.4. The van der Waals surface area contributed by atoms with E-state index < -0.39 is 6.04 Å². The summed E-state index contributed by atoms with van der Waals surface area (Å²) in [5, 5.41) is 16.5. The molecule has 0 saturated heterocycles. The predicted octanol–water partition coefficient (Wildman–Crippen LogP) is 5.05. The van der Waals surface area contributed by atoms with Crippen LogP contribution >= 0.6 is 22.9 Å². The van der Waals surface area contributed by atoms with E-state index in [4.69, 9.17) is 11.6 Å². The molecule has 6 nitrogen and oxygen atoms in total. The molecule has 2 amide bonds. The van der Waals surface area contributed by atoms with Crippen LogP contribution in [0.5, 0.6) is 0 Å². The highest BCUT2D eigenvalue weighted by atomic mass is 35.5. The number of amides is 2. The Morgan fingerprint density at radius 1 is 1.06 bits per heavy atom. The quantitative estimate of drug-likeness (QED) is 0.616. The zero-order valence-corrected chi connectivity index (χ0v) is 20.0. The summed E-state index contributed by atoms with van der Waals surface area (Å²) in [6.07, 6.45) is 7.77. The lowest BCUT2D eigenvalue weighted by molar-refractivity contribution is -0.118. The summed E-state index contributed by atoms with van der Waals surface area (Å²) in [5.74, 6) is 1.73. The molecule has 1 heterocycles. The van der Waals surface area contributed by atoms with Gasteiger partial charge in [-0.25, -0.2) is 0 Å². The summed E-state index contributed by atoms with van der Waals surface area (Å²) in [5.41, 5.74) is 0.512. The van der Waals surface area contributed by atoms with Crippen LogP contribution < -0.4 is 10.6 Å². The Balaban J connectivity index is 1.28. The van der Waals surface area contributed by atoms with E-state index in [0.29, 0.717) is 15.7 Å². The molecule has 1 aromatic heterocycles. The summed E-state index contributed by atoms with van der Waals surface area (Å²) in [4.78, 5) is 25.7. The van der Waals surface area contributed by atoms with Gasteiger partial charge in [0.1, 0.15) is 11.0 Å². The lowest BCUT2D eigenvalue weighted by Gasteiger charge is -2.55. The number of hydrogen-bond acceptors (Lipinski definition) is 5. The molecule has 1 atom stereocenters. The molecule has 0 spiro atoms. The maximum atomic E-state index is 13.0. The molecular formula is C24H29ClN4O2S. The lowest BCUT2D eigenvalue weighted by Crippen LogP contribution is -2.48. The molecule has 1 unspecified atom stereocenters. The van der Waals surface area contributed by atoms with Gasteiger partial charge in [0.05, 0.1) is 10.6 Å². The Kier molecular flexibility index (Phi) is 5.74. The lowest BCUT2D eigenvalue weighted by atomic mass is 9.50. The van der Waals surface area contributed by atoms with E-state index in [1.807, 2.05) is 13.8 Å². The fraction of sp³-hybridized carbons (Fsp3) is 0.583. The molecule has 170 valence electrons. The molecule has 2 aromatic rings. The van der Waals surface area contributed by atoms with Gasteiger partial charge >= 0.3 is 0 Å². The molecule has 6 rings (SSSR count). The van der Waals surface area contributed by atoms with Gasteiger partial charge in [-0.1, -0.05) is 48.9 Å². The van der Waals surface area contributed by atoms with Crippen molar-refractivity contribution < 1.29 is 9.59 Å². The average molecular weight is 473 g/mol. The Morgan fingerprint density at radius 3 is 2.28 bits per heavy atom. The normalized spacial score (nSPS) is 29.2. The van der Waals surface area contributed by atoms with Gasteiger partial charge in [0.25, 0.3) is 5.91 Å². The summed E-state index contributed by atoms with van der Waals surface area (Å²) in [6.45, 7) is 3.80. The number of nitrogens with zero attached hydrogens (tertiary/aromatic N) is 2. The molecule has 32 heavy (non-hydrogen) atoms. The summed E-state index contributed by atoms with van der Waals surface area (Å²) >= 11 is 7.65. The second kappa shape index (κ2) is 8.41. The second-order valence-corrected chi connectivity index (χ2v) is 11.7. The predicted molar refractivity (Wildman–Crippen MR) is 126 cm³/mol. The van der Waals surface area contributed by atoms with Crippen molar-refractivity contribution in [2.24, 2.45) is 23.7 Å². The van der Waals surface area contributed by atoms with E-state index in [1.165, 1.54) is 49.9 Å². The van der Waals surface area contributed by atoms with Gasteiger partial charge in [-0.15, -0.1) is 10.2 Å². The molecule has 8 heteroatoms. The highest BCUT2D eigenvalue weighted by Gasteiger charge is 2.53. The van der Waals surface area contributed by atoms with E-state index in [0.717, 1.165) is 22.8 Å². The number of nitrogens with one attached hydrogen (secondary N) is 2. The molecule has 4 bridgehead atoms. The Bertz CT molecular complexity index is 1000. The van der Waals surface area contributed by atoms with Crippen molar-refractivity contribution in [2.75, 3.05) is 5.32 Å². The van der Waals surface area contributed by atoms with Crippen LogP contribution in [0, 0.1) is 23.7 Å². The number of benzene rings is 1. The van der Waals surface area contributed by atoms with Crippen LogP contribution in [0.3, 0.4) is 0 Å². The van der Waals surface area contributed by atoms with Gasteiger partial charge in [-0.2, -0.15) is 0 Å². The van der Waals surface area contributed by atoms with Crippen molar-refractivity contribution in [1.82, 2.24) is 15.5 Å². The third-order valence-corrected chi connectivity index (χ3v) is 8.92. The van der Waals surface area contributed by atoms with E-state index in [2.05, 4.69) is 20.8 Å². The topological polar surface area (TPSA) is 84.0 Å². The summed E-state index contributed by atoms with van der Waals surface area (Å²) in [7, 11) is 0. The number of carbonyl (C=O) groups is 2. The fourth-order valence-corrected chi connectivity index (χ4v) is 7.63. The smallest absolute Gasteiger partial charge is 0.253 e. The van der Waals surface area contributed by atoms with Crippen LogP contribution in [0.1, 0.15) is 67.7 Å². The van der Waals surface area contributed by atoms with E-state index in [9.17, 15) is 9.59 Å². The third-order valence-electron chi connectivity index (χ3n) is 7.50. The number of halogens is 1. The summed E-state index contributed by atoms with van der Waals surface area (Å²) in [6, 6.07) is 6.12. The average Bonchev–Trinajstić information content (AvgIpc) is 3.20. The van der Waals surface area contributed by atoms with E-state index >= 15 is 0 Å². The van der Waals surface area contributed by atoms with Crippen LogP contribution in [0.2, 0.25) is 5.02 Å². The van der Waals surface area contributed by atoms with Crippen molar-refractivity contribution in [1.29, 1.82) is 0 Å². The molecule has 1 aromatic carbocycles. The summed E-state index contributed by atoms with van der Waals surface area (Å²) < 4.78 is 0. The van der Waals surface area contributed by atoms with Crippen molar-refractivity contribution in [3.8, 4) is 0 Å². The first-order valence-corrected chi connectivity index (χ1v) is 12.7. The first-order valence-electron chi connectivity index (χ1n) is 11.5. The van der Waals surface area contributed by atoms with Crippen LogP contribution in [-0.4, -0.2) is 28.1 Å². The first-order chi connectivity index (χ1) is 15.3. The van der Waals surface area contributed by atoms with Gasteiger partial charge in [-0.05, 0) is 74.3 Å². The van der Waals surface area contributed by atoms with Crippen molar-refractivity contribution in [3.63, 3.8) is 0 Å². The molecule has 4 aliphatic rings. The highest BCUT2D eigenvalue weighted by molar-refractivity contribution is 7.15. The standard InChI is InChI=1S/C24H29ClN4O2S/c1-13(2)19(26-20(30)17-5-3-4-6-18(17)25)21(31)27-23-29-28-22(32-23)24-10-14-7-15(11-24)9-16(8-14)12-24/h3-6,13-16,19H,7-12H2,1-2H3,(H,26,30)(H,27,29,31). The van der Waals surface area contributed by atoms with Crippen molar-refractivity contribution in [3.05, 3.63) is 39.9 Å². The molecule has 4 fully saturated rings. The maximum Gasteiger partial charge on any atom is 0.253 e. The number of anilines is 1. The first kappa shape index (κ1) is 21.8. The fourth-order valence-electron chi connectivity index (χ4n) is 6.44. The number of aromatic nitrogens is 2. The number of carbonyl (C=O) groups excluding carboxylic acids is 2. The minimum absolute atomic E-state index is 0.100. The van der Waals surface area contributed by atoms with Crippen LogP contribution in [-0.2, 0) is 10.2 Å². The van der Waals surface area contributed by atoms with Gasteiger partial charge in [0.15, 0.2) is 0 Å². The number of hydrogen-bond donors (Lipinski definition) is 2. The van der Waals surface area contributed by atoms with Crippen molar-refractivity contribution in [2.45, 2.75) is 63.8 Å². The maximum absolute atomic E-state index is 13.0. The molecule has 2 N–H and O–H groups in total. The largest absolute Gasteiger partial charge is 0.340 e. The Morgan fingerprint density at radius 2 is 1.69 bits per heavy atom. The van der Waals surface area contributed by atoms with Gasteiger partial charge < -0.3 is 5.32 Å². The van der Waals surface area contributed by atoms with E-state index in [-0.39, 0.29) is 23.1 Å². The molecule has 0 radical (unpaired) electrons. The SMILES string of the molecule is CC(C)C(NC(=O)c1ccccc1Cl)C(=O)Nc1nnc(C23CC4CC(CC(C4)C2)C3)s1. The Labute approximate surface area is 197 Å². The van der Waals surface area contributed by atoms with Crippen LogP contribution in [0.25, 0.3) is 0 Å². The highest BCUT2D eigenvalue weighted by Crippen LogP contribution is 2.61. The van der Waals surface area contributed by atoms with E-state index in [1.54, 1.807) is 24.3 Å². The zero-order chi connectivity index (χ0) is 22.5. The minimum atomic E-state index is -0.703. The van der Waals surface area contributed by atoms with Gasteiger partial charge in [0.2, 0.25) is 11.0 Å². The molecular weight excluding hydrogens is 444 g/mol. The molecule has 0 aliphatic heterocycles. The monoisotopic (exact) mass is 472 g/mol. The number of rotatable bonds is 6. The van der Waals surface area contributed by atoms with Crippen molar-refractivity contribution >= 4 is 39.9 Å². The third kappa shape index (κ3) is 4.05. The van der Waals surface area contributed by atoms with Gasteiger partial charge in [0, 0.05) is 5.41 Å². The second-order valence-electron chi connectivity index (χ2n) is 10.3. The van der Waals surface area contributed by atoms with Crippen LogP contribution in [0.15, 0.2) is 24.3 Å². The minimum Gasteiger partial charge on any atom is -0.340 e. The van der Waals surface area contributed by atoms with Gasteiger partial charge in [-0.3, -0.25) is 14.9 Å². The Hall–Kier alpha value is -1.99. The molecule has 4 saturated carbocycles. The van der Waals surface area contributed by atoms with Crippen LogP contribution in [0.4, 0.5) is 5.13 Å².